The van der Waals surface area contributed by atoms with Crippen molar-refractivity contribution in [3.05, 3.63) is 39.6 Å². The van der Waals surface area contributed by atoms with Gasteiger partial charge in [-0.25, -0.2) is 13.1 Å². The van der Waals surface area contributed by atoms with Crippen molar-refractivity contribution in [1.82, 2.24) is 5.16 Å². The Morgan fingerprint density at radius 1 is 1.38 bits per heavy atom. The number of nitrogens with zero attached hydrogens (tertiary/aromatic N) is 2. The molecule has 0 amide bonds. The van der Waals surface area contributed by atoms with Crippen LogP contribution in [0.25, 0.3) is 0 Å². The van der Waals surface area contributed by atoms with Crippen LogP contribution in [-0.2, 0) is 10.0 Å². The number of nitro benzene ring substituents is 1. The van der Waals surface area contributed by atoms with Gasteiger partial charge < -0.3 is 9.63 Å². The first-order chi connectivity index (χ1) is 9.72. The van der Waals surface area contributed by atoms with Crippen molar-refractivity contribution < 1.29 is 23.0 Å². The monoisotopic (exact) mass is 313 g/mol. The number of phenols is 1. The maximum Gasteiger partial charge on any atom is 0.312 e. The van der Waals surface area contributed by atoms with Crippen molar-refractivity contribution >= 4 is 21.6 Å². The summed E-state index contributed by atoms with van der Waals surface area (Å²) < 4.78 is 31.3. The summed E-state index contributed by atoms with van der Waals surface area (Å²) in [5, 5.41) is 23.6. The van der Waals surface area contributed by atoms with Crippen LogP contribution in [-0.4, -0.2) is 23.6 Å². The molecule has 9 nitrogen and oxygen atoms in total. The number of phenolic OH excluding ortho intramolecular Hbond substituents is 1. The van der Waals surface area contributed by atoms with Gasteiger partial charge in [-0.05, 0) is 26.0 Å². The van der Waals surface area contributed by atoms with Gasteiger partial charge in [-0.2, -0.15) is 0 Å². The van der Waals surface area contributed by atoms with E-state index in [4.69, 9.17) is 4.52 Å². The van der Waals surface area contributed by atoms with Crippen LogP contribution in [0.2, 0.25) is 0 Å². The van der Waals surface area contributed by atoms with Crippen molar-refractivity contribution in [2.24, 2.45) is 0 Å². The van der Waals surface area contributed by atoms with Crippen molar-refractivity contribution in [2.45, 2.75) is 18.7 Å². The molecular weight excluding hydrogens is 302 g/mol. The summed E-state index contributed by atoms with van der Waals surface area (Å²) in [5.74, 6) is -0.686. The summed E-state index contributed by atoms with van der Waals surface area (Å²) in [6, 6.07) is 2.74. The molecule has 112 valence electrons. The first-order valence-corrected chi connectivity index (χ1v) is 7.14. The van der Waals surface area contributed by atoms with Crippen LogP contribution in [0.4, 0.5) is 11.6 Å². The molecule has 0 aliphatic carbocycles. The third-order valence-electron chi connectivity index (χ3n) is 2.84. The summed E-state index contributed by atoms with van der Waals surface area (Å²) in [5.41, 5.74) is 0.319. The zero-order valence-corrected chi connectivity index (χ0v) is 11.8. The van der Waals surface area contributed by atoms with Crippen LogP contribution in [0, 0.1) is 24.0 Å². The minimum absolute atomic E-state index is 0.0665. The van der Waals surface area contributed by atoms with Crippen molar-refractivity contribution in [1.29, 1.82) is 0 Å². The number of hydrogen-bond donors (Lipinski definition) is 2. The second kappa shape index (κ2) is 5.05. The molecule has 0 unspecified atom stereocenters. The van der Waals surface area contributed by atoms with E-state index in [0.717, 1.165) is 18.2 Å². The summed E-state index contributed by atoms with van der Waals surface area (Å²) in [4.78, 5) is 9.47. The average Bonchev–Trinajstić information content (AvgIpc) is 2.70. The number of nitrogens with one attached hydrogen (secondary N) is 1. The second-order valence-corrected chi connectivity index (χ2v) is 5.92. The van der Waals surface area contributed by atoms with Crippen molar-refractivity contribution in [2.75, 3.05) is 4.72 Å². The molecule has 0 saturated heterocycles. The molecule has 2 aromatic rings. The van der Waals surface area contributed by atoms with E-state index in [1.165, 1.54) is 0 Å². The third-order valence-corrected chi connectivity index (χ3v) is 4.17. The fraction of sp³-hybridized carbons (Fsp3) is 0.182. The predicted molar refractivity (Wildman–Crippen MR) is 71.5 cm³/mol. The minimum Gasteiger partial charge on any atom is -0.502 e. The number of hydrogen-bond acceptors (Lipinski definition) is 7. The summed E-state index contributed by atoms with van der Waals surface area (Å²) in [6.45, 7) is 3.25. The van der Waals surface area contributed by atoms with Gasteiger partial charge in [-0.3, -0.25) is 10.1 Å². The van der Waals surface area contributed by atoms with Crippen LogP contribution >= 0.6 is 0 Å². The lowest BCUT2D eigenvalue weighted by Crippen LogP contribution is -2.13. The Balaban J connectivity index is 2.43. The number of benzene rings is 1. The number of aromatic nitrogens is 1. The molecular formula is C11H11N3O6S. The normalized spacial score (nSPS) is 11.3. The molecule has 0 fully saturated rings. The Labute approximate surface area is 119 Å². The lowest BCUT2D eigenvalue weighted by atomic mass is 10.3. The molecule has 10 heteroatoms. The molecule has 0 aliphatic rings. The molecule has 0 saturated carbocycles. The van der Waals surface area contributed by atoms with Gasteiger partial charge in [-0.1, -0.05) is 5.16 Å². The Kier molecular flexibility index (Phi) is 3.56. The maximum absolute atomic E-state index is 12.1. The van der Waals surface area contributed by atoms with Gasteiger partial charge in [0.2, 0.25) is 5.88 Å². The Morgan fingerprint density at radius 2 is 2.05 bits per heavy atom. The fourth-order valence-corrected chi connectivity index (χ4v) is 2.57. The summed E-state index contributed by atoms with van der Waals surface area (Å²) in [7, 11) is -4.09. The van der Waals surface area contributed by atoms with E-state index < -0.39 is 26.4 Å². The topological polar surface area (TPSA) is 136 Å². The SMILES string of the molecule is Cc1noc(NS(=O)(=O)c2ccc(O)c([N+](=O)[O-])c2)c1C. The molecule has 1 aromatic heterocycles. The van der Waals surface area contributed by atoms with Crippen LogP contribution in [0.15, 0.2) is 27.6 Å². The largest absolute Gasteiger partial charge is 0.502 e. The number of aryl methyl sites for hydroxylation is 1. The van der Waals surface area contributed by atoms with Crippen LogP contribution in [0.3, 0.4) is 0 Å². The van der Waals surface area contributed by atoms with E-state index >= 15 is 0 Å². The van der Waals surface area contributed by atoms with Crippen molar-refractivity contribution in [3.63, 3.8) is 0 Å². The average molecular weight is 313 g/mol. The number of anilines is 1. The van der Waals surface area contributed by atoms with E-state index in [0.29, 0.717) is 11.3 Å². The molecule has 0 atom stereocenters. The molecule has 1 aromatic carbocycles. The molecule has 0 spiro atoms. The molecule has 1 heterocycles. The Hall–Kier alpha value is -2.62. The highest BCUT2D eigenvalue weighted by Gasteiger charge is 2.23. The van der Waals surface area contributed by atoms with E-state index in [-0.39, 0.29) is 10.8 Å². The zero-order chi connectivity index (χ0) is 15.8. The first kappa shape index (κ1) is 14.8. The molecule has 0 radical (unpaired) electrons. The van der Waals surface area contributed by atoms with Crippen LogP contribution < -0.4 is 4.72 Å². The standard InChI is InChI=1S/C11H11N3O6S/c1-6-7(2)12-20-11(6)13-21(18,19)8-3-4-10(15)9(5-8)14(16)17/h3-5,13,15H,1-2H3. The quantitative estimate of drug-likeness (QED) is 0.647. The Bertz CT molecular complexity index is 811. The minimum atomic E-state index is -4.09. The van der Waals surface area contributed by atoms with Crippen molar-refractivity contribution in [3.8, 4) is 5.75 Å². The van der Waals surface area contributed by atoms with E-state index in [2.05, 4.69) is 9.88 Å². The van der Waals surface area contributed by atoms with Gasteiger partial charge in [0.05, 0.1) is 15.5 Å². The van der Waals surface area contributed by atoms with Crippen LogP contribution in [0.5, 0.6) is 5.75 Å². The second-order valence-electron chi connectivity index (χ2n) is 4.24. The van der Waals surface area contributed by atoms with Gasteiger partial charge in [0.25, 0.3) is 10.0 Å². The highest BCUT2D eigenvalue weighted by molar-refractivity contribution is 7.92. The number of rotatable bonds is 4. The van der Waals surface area contributed by atoms with Gasteiger partial charge in [0.1, 0.15) is 0 Å². The fourth-order valence-electron chi connectivity index (χ4n) is 1.51. The van der Waals surface area contributed by atoms with E-state index in [9.17, 15) is 23.6 Å². The smallest absolute Gasteiger partial charge is 0.312 e. The predicted octanol–water partition coefficient (Wildman–Crippen LogP) is 1.71. The van der Waals surface area contributed by atoms with Gasteiger partial charge in [0, 0.05) is 11.6 Å². The van der Waals surface area contributed by atoms with Gasteiger partial charge >= 0.3 is 5.69 Å². The summed E-state index contributed by atoms with van der Waals surface area (Å²) >= 11 is 0. The Morgan fingerprint density at radius 3 is 2.57 bits per heavy atom. The lowest BCUT2D eigenvalue weighted by Gasteiger charge is -2.06. The highest BCUT2D eigenvalue weighted by Crippen LogP contribution is 2.29. The van der Waals surface area contributed by atoms with Gasteiger partial charge in [-0.15, -0.1) is 0 Å². The molecule has 0 bridgehead atoms. The molecule has 21 heavy (non-hydrogen) atoms. The molecule has 2 rings (SSSR count). The van der Waals surface area contributed by atoms with E-state index in [1.54, 1.807) is 13.8 Å². The molecule has 2 N–H and O–H groups in total. The first-order valence-electron chi connectivity index (χ1n) is 5.65. The zero-order valence-electron chi connectivity index (χ0n) is 11.0. The summed E-state index contributed by atoms with van der Waals surface area (Å²) in [6.07, 6.45) is 0. The lowest BCUT2D eigenvalue weighted by molar-refractivity contribution is -0.386. The van der Waals surface area contributed by atoms with Gasteiger partial charge in [0.15, 0.2) is 5.75 Å². The third kappa shape index (κ3) is 2.79. The van der Waals surface area contributed by atoms with E-state index in [1.807, 2.05) is 0 Å². The number of nitro groups is 1. The number of sulfonamides is 1. The molecule has 0 aliphatic heterocycles. The number of aromatic hydroxyl groups is 1. The maximum atomic E-state index is 12.1. The highest BCUT2D eigenvalue weighted by atomic mass is 32.2. The van der Waals surface area contributed by atoms with Crippen LogP contribution in [0.1, 0.15) is 11.3 Å².